The highest BCUT2D eigenvalue weighted by atomic mass is 16.6. The summed E-state index contributed by atoms with van der Waals surface area (Å²) in [6.07, 6.45) is -4.77. The Hall–Kier alpha value is -3.67. The van der Waals surface area contributed by atoms with E-state index in [4.69, 9.17) is 23.7 Å². The molecule has 2 N–H and O–H groups in total. The first kappa shape index (κ1) is 25.6. The minimum absolute atomic E-state index is 0.228. The molecule has 0 spiro atoms. The van der Waals surface area contributed by atoms with Crippen molar-refractivity contribution < 1.29 is 47.7 Å². The number of carbonyl (C=O) groups excluding carboxylic acids is 5. The molecule has 1 saturated heterocycles. The average Bonchev–Trinajstić information content (AvgIpc) is 2.72. The van der Waals surface area contributed by atoms with Gasteiger partial charge in [0.15, 0.2) is 24.5 Å². The SMILES string of the molecule is CCOC(=O)c1ccc(NC(=O)N[C@@H]2OC[C@H](OC(C)=O)[C@@H](OC(C)=O)[C@@H]2OC(C)=O)cc1. The Labute approximate surface area is 189 Å². The van der Waals surface area contributed by atoms with Crippen LogP contribution >= 0.6 is 0 Å². The van der Waals surface area contributed by atoms with Crippen molar-refractivity contribution in [3.63, 3.8) is 0 Å². The van der Waals surface area contributed by atoms with Crippen LogP contribution in [-0.4, -0.2) is 67.7 Å². The minimum atomic E-state index is -1.29. The van der Waals surface area contributed by atoms with Gasteiger partial charge in [-0.05, 0) is 31.2 Å². The van der Waals surface area contributed by atoms with Crippen LogP contribution in [0, 0.1) is 0 Å². The van der Waals surface area contributed by atoms with Crippen molar-refractivity contribution in [1.29, 1.82) is 0 Å². The van der Waals surface area contributed by atoms with Crippen LogP contribution in [0.2, 0.25) is 0 Å². The molecule has 0 saturated carbocycles. The van der Waals surface area contributed by atoms with Crippen molar-refractivity contribution >= 4 is 35.6 Å². The third-order valence-electron chi connectivity index (χ3n) is 4.28. The molecule has 1 fully saturated rings. The van der Waals surface area contributed by atoms with E-state index < -0.39 is 54.4 Å². The van der Waals surface area contributed by atoms with Crippen LogP contribution in [0.3, 0.4) is 0 Å². The van der Waals surface area contributed by atoms with Gasteiger partial charge >= 0.3 is 29.9 Å². The van der Waals surface area contributed by atoms with Crippen molar-refractivity contribution in [2.45, 2.75) is 52.2 Å². The van der Waals surface area contributed by atoms with Crippen molar-refractivity contribution in [2.75, 3.05) is 18.5 Å². The number of rotatable bonds is 7. The number of amides is 2. The van der Waals surface area contributed by atoms with E-state index in [0.29, 0.717) is 11.3 Å². The summed E-state index contributed by atoms with van der Waals surface area (Å²) in [6, 6.07) is 5.22. The van der Waals surface area contributed by atoms with Crippen molar-refractivity contribution in [1.82, 2.24) is 5.32 Å². The fourth-order valence-corrected chi connectivity index (χ4v) is 3.07. The summed E-state index contributed by atoms with van der Waals surface area (Å²) in [5.74, 6) is -2.59. The van der Waals surface area contributed by atoms with Gasteiger partial charge in [0, 0.05) is 26.5 Å². The Balaban J connectivity index is 2.12. The van der Waals surface area contributed by atoms with E-state index in [1.165, 1.54) is 24.3 Å². The zero-order valence-electron chi connectivity index (χ0n) is 18.6. The van der Waals surface area contributed by atoms with Gasteiger partial charge in [0.1, 0.15) is 0 Å². The third-order valence-corrected chi connectivity index (χ3v) is 4.28. The summed E-state index contributed by atoms with van der Waals surface area (Å²) in [6.45, 7) is 5.13. The maximum Gasteiger partial charge on any atom is 0.338 e. The molecular weight excluding hydrogens is 440 g/mol. The lowest BCUT2D eigenvalue weighted by molar-refractivity contribution is -0.228. The summed E-state index contributed by atoms with van der Waals surface area (Å²) >= 11 is 0. The average molecular weight is 466 g/mol. The molecule has 0 radical (unpaired) electrons. The van der Waals surface area contributed by atoms with Gasteiger partial charge in [0.2, 0.25) is 0 Å². The highest BCUT2D eigenvalue weighted by Gasteiger charge is 2.47. The molecule has 2 rings (SSSR count). The minimum Gasteiger partial charge on any atom is -0.462 e. The number of ether oxygens (including phenoxy) is 5. The quantitative estimate of drug-likeness (QED) is 0.441. The first-order valence-electron chi connectivity index (χ1n) is 10.1. The third kappa shape index (κ3) is 7.75. The maximum atomic E-state index is 12.5. The maximum absolute atomic E-state index is 12.5. The fourth-order valence-electron chi connectivity index (χ4n) is 3.07. The van der Waals surface area contributed by atoms with E-state index in [2.05, 4.69) is 10.6 Å². The van der Waals surface area contributed by atoms with E-state index >= 15 is 0 Å². The van der Waals surface area contributed by atoms with Crippen LogP contribution in [-0.2, 0) is 38.1 Å². The van der Waals surface area contributed by atoms with E-state index in [0.717, 1.165) is 20.8 Å². The largest absolute Gasteiger partial charge is 0.462 e. The zero-order valence-corrected chi connectivity index (χ0v) is 18.6. The number of benzene rings is 1. The number of anilines is 1. The summed E-state index contributed by atoms with van der Waals surface area (Å²) in [4.78, 5) is 58.8. The number of hydrogen-bond acceptors (Lipinski definition) is 10. The molecule has 12 heteroatoms. The molecule has 0 aliphatic carbocycles. The van der Waals surface area contributed by atoms with Crippen LogP contribution in [0.1, 0.15) is 38.1 Å². The lowest BCUT2D eigenvalue weighted by Crippen LogP contribution is -2.62. The molecule has 1 aliphatic heterocycles. The summed E-state index contributed by atoms with van der Waals surface area (Å²) < 4.78 is 26.0. The lowest BCUT2D eigenvalue weighted by Gasteiger charge is -2.40. The normalized spacial score (nSPS) is 21.8. The van der Waals surface area contributed by atoms with Gasteiger partial charge in [-0.1, -0.05) is 0 Å². The summed E-state index contributed by atoms with van der Waals surface area (Å²) in [5, 5.41) is 5.03. The molecule has 0 aromatic heterocycles. The standard InChI is InChI=1S/C21H26N2O10/c1-5-29-20(27)14-6-8-15(9-7-14)22-21(28)23-19-18(33-13(4)26)17(32-12(3)25)16(10-30-19)31-11(2)24/h6-9,16-19H,5,10H2,1-4H3,(H2,22,23,28)/t16-,17+,18-,19+/m0/s1. The van der Waals surface area contributed by atoms with E-state index in [1.54, 1.807) is 6.92 Å². The number of esters is 4. The summed E-state index contributed by atoms with van der Waals surface area (Å²) in [5.41, 5.74) is 0.670. The van der Waals surface area contributed by atoms with Crippen molar-refractivity contribution in [2.24, 2.45) is 0 Å². The van der Waals surface area contributed by atoms with Crippen LogP contribution in [0.15, 0.2) is 24.3 Å². The van der Waals surface area contributed by atoms with Gasteiger partial charge in [-0.15, -0.1) is 0 Å². The Morgan fingerprint density at radius 2 is 1.48 bits per heavy atom. The monoisotopic (exact) mass is 466 g/mol. The second kappa shape index (κ2) is 11.8. The van der Waals surface area contributed by atoms with Crippen molar-refractivity contribution in [3.05, 3.63) is 29.8 Å². The molecule has 1 aromatic carbocycles. The van der Waals surface area contributed by atoms with Gasteiger partial charge in [-0.2, -0.15) is 0 Å². The lowest BCUT2D eigenvalue weighted by atomic mass is 10.0. The molecule has 1 heterocycles. The Morgan fingerprint density at radius 1 is 0.909 bits per heavy atom. The van der Waals surface area contributed by atoms with Crippen LogP contribution < -0.4 is 10.6 Å². The van der Waals surface area contributed by atoms with Gasteiger partial charge in [0.25, 0.3) is 0 Å². The molecule has 0 bridgehead atoms. The Kier molecular flexibility index (Phi) is 9.16. The van der Waals surface area contributed by atoms with Gasteiger partial charge < -0.3 is 34.3 Å². The Morgan fingerprint density at radius 3 is 2.03 bits per heavy atom. The molecule has 180 valence electrons. The number of hydrogen-bond donors (Lipinski definition) is 2. The molecule has 1 aromatic rings. The molecule has 1 aliphatic rings. The second-order valence-electron chi connectivity index (χ2n) is 6.95. The van der Waals surface area contributed by atoms with Gasteiger partial charge in [0.05, 0.1) is 18.8 Å². The van der Waals surface area contributed by atoms with E-state index in [1.807, 2.05) is 0 Å². The molecule has 0 unspecified atom stereocenters. The summed E-state index contributed by atoms with van der Waals surface area (Å²) in [7, 11) is 0. The van der Waals surface area contributed by atoms with Crippen LogP contribution in [0.5, 0.6) is 0 Å². The van der Waals surface area contributed by atoms with Gasteiger partial charge in [-0.3, -0.25) is 14.4 Å². The van der Waals surface area contributed by atoms with E-state index in [9.17, 15) is 24.0 Å². The number of carbonyl (C=O) groups is 5. The topological polar surface area (TPSA) is 156 Å². The van der Waals surface area contributed by atoms with Crippen LogP contribution in [0.25, 0.3) is 0 Å². The first-order valence-corrected chi connectivity index (χ1v) is 10.1. The van der Waals surface area contributed by atoms with Gasteiger partial charge in [-0.25, -0.2) is 9.59 Å². The van der Waals surface area contributed by atoms with Crippen LogP contribution in [0.4, 0.5) is 10.5 Å². The smallest absolute Gasteiger partial charge is 0.338 e. The predicted molar refractivity (Wildman–Crippen MR) is 111 cm³/mol. The number of urea groups is 1. The molecule has 2 amide bonds. The highest BCUT2D eigenvalue weighted by molar-refractivity contribution is 5.92. The zero-order chi connectivity index (χ0) is 24.5. The first-order chi connectivity index (χ1) is 15.6. The fraction of sp³-hybridized carbons (Fsp3) is 0.476. The van der Waals surface area contributed by atoms with E-state index in [-0.39, 0.29) is 13.2 Å². The molecular formula is C21H26N2O10. The number of nitrogens with one attached hydrogen (secondary N) is 2. The van der Waals surface area contributed by atoms with Crippen molar-refractivity contribution in [3.8, 4) is 0 Å². The Bertz CT molecular complexity index is 886. The predicted octanol–water partition coefficient (Wildman–Crippen LogP) is 1.14. The second-order valence-corrected chi connectivity index (χ2v) is 6.95. The molecule has 4 atom stereocenters. The molecule has 12 nitrogen and oxygen atoms in total. The molecule has 33 heavy (non-hydrogen) atoms. The highest BCUT2D eigenvalue weighted by Crippen LogP contribution is 2.23.